The van der Waals surface area contributed by atoms with Crippen molar-refractivity contribution in [1.82, 2.24) is 39.7 Å². The molecule has 0 spiro atoms. The molecule has 1 unspecified atom stereocenters. The van der Waals surface area contributed by atoms with E-state index in [2.05, 4.69) is 25.3 Å². The first-order chi connectivity index (χ1) is 15.6. The summed E-state index contributed by atoms with van der Waals surface area (Å²) in [6, 6.07) is 7.79. The Bertz CT molecular complexity index is 1430. The van der Waals surface area contributed by atoms with E-state index >= 15 is 0 Å². The lowest BCUT2D eigenvalue weighted by Crippen LogP contribution is -2.10. The van der Waals surface area contributed by atoms with Gasteiger partial charge in [0.15, 0.2) is 5.65 Å². The van der Waals surface area contributed by atoms with Gasteiger partial charge < -0.3 is 10.5 Å². The molecule has 0 aliphatic heterocycles. The summed E-state index contributed by atoms with van der Waals surface area (Å²) in [5.74, 6) is 0.484. The van der Waals surface area contributed by atoms with Gasteiger partial charge in [0.05, 0.1) is 30.9 Å². The largest absolute Gasteiger partial charge is 0.495 e. The fourth-order valence-electron chi connectivity index (χ4n) is 3.48. The summed E-state index contributed by atoms with van der Waals surface area (Å²) >= 11 is 0. The van der Waals surface area contributed by atoms with E-state index in [9.17, 15) is 4.39 Å². The Morgan fingerprint density at radius 3 is 2.81 bits per heavy atom. The normalized spacial score (nSPS) is 12.2. The number of rotatable bonds is 5. The Labute approximate surface area is 181 Å². The SMILES string of the molecule is COc1cncc(-c2nn(C(C)c3cn(-c4ccccc4F)nn3)c3ncnc(N)c23)c1. The zero-order valence-electron chi connectivity index (χ0n) is 17.2. The van der Waals surface area contributed by atoms with Crippen molar-refractivity contribution in [3.63, 3.8) is 0 Å². The van der Waals surface area contributed by atoms with Crippen LogP contribution in [0.5, 0.6) is 5.75 Å². The minimum atomic E-state index is -0.394. The monoisotopic (exact) mass is 431 g/mol. The number of benzene rings is 1. The lowest BCUT2D eigenvalue weighted by molar-refractivity contribution is 0.413. The van der Waals surface area contributed by atoms with Crippen molar-refractivity contribution in [3.8, 4) is 22.7 Å². The number of anilines is 1. The van der Waals surface area contributed by atoms with Crippen LogP contribution in [0.1, 0.15) is 18.7 Å². The van der Waals surface area contributed by atoms with Gasteiger partial charge in [0, 0.05) is 11.8 Å². The maximum atomic E-state index is 14.2. The smallest absolute Gasteiger partial charge is 0.164 e. The van der Waals surface area contributed by atoms with Crippen molar-refractivity contribution in [1.29, 1.82) is 0 Å². The molecule has 4 heterocycles. The fraction of sp³-hybridized carbons (Fsp3) is 0.143. The van der Waals surface area contributed by atoms with Gasteiger partial charge in [0.2, 0.25) is 0 Å². The third kappa shape index (κ3) is 3.20. The second-order valence-electron chi connectivity index (χ2n) is 7.08. The molecule has 0 amide bonds. The van der Waals surface area contributed by atoms with Crippen LogP contribution in [0, 0.1) is 5.82 Å². The van der Waals surface area contributed by atoms with Gasteiger partial charge in [0.1, 0.15) is 40.8 Å². The molecule has 32 heavy (non-hydrogen) atoms. The van der Waals surface area contributed by atoms with Gasteiger partial charge in [-0.15, -0.1) is 5.10 Å². The van der Waals surface area contributed by atoms with Crippen molar-refractivity contribution >= 4 is 16.9 Å². The molecular weight excluding hydrogens is 413 g/mol. The second kappa shape index (κ2) is 7.69. The van der Waals surface area contributed by atoms with Gasteiger partial charge in [0.25, 0.3) is 0 Å². The Morgan fingerprint density at radius 2 is 2.00 bits per heavy atom. The Kier molecular flexibility index (Phi) is 4.70. The molecule has 160 valence electrons. The lowest BCUT2D eigenvalue weighted by atomic mass is 10.1. The molecule has 0 aliphatic carbocycles. The maximum absolute atomic E-state index is 14.2. The van der Waals surface area contributed by atoms with Crippen LogP contribution in [0.4, 0.5) is 10.2 Å². The molecule has 1 atom stereocenters. The molecule has 4 aromatic heterocycles. The predicted octanol–water partition coefficient (Wildman–Crippen LogP) is 2.81. The Morgan fingerprint density at radius 1 is 1.16 bits per heavy atom. The van der Waals surface area contributed by atoms with Crippen molar-refractivity contribution in [2.75, 3.05) is 12.8 Å². The molecule has 0 saturated heterocycles. The minimum Gasteiger partial charge on any atom is -0.495 e. The summed E-state index contributed by atoms with van der Waals surface area (Å²) in [5, 5.41) is 13.7. The van der Waals surface area contributed by atoms with Gasteiger partial charge in [-0.25, -0.2) is 23.7 Å². The number of aromatic nitrogens is 8. The number of nitrogens with two attached hydrogens (primary N) is 1. The highest BCUT2D eigenvalue weighted by molar-refractivity contribution is 5.98. The lowest BCUT2D eigenvalue weighted by Gasteiger charge is -2.09. The van der Waals surface area contributed by atoms with Crippen LogP contribution in [0.2, 0.25) is 0 Å². The number of nitrogens with zero attached hydrogens (tertiary/aromatic N) is 8. The topological polar surface area (TPSA) is 122 Å². The highest BCUT2D eigenvalue weighted by Crippen LogP contribution is 2.33. The van der Waals surface area contributed by atoms with E-state index in [0.29, 0.717) is 45.2 Å². The van der Waals surface area contributed by atoms with E-state index in [1.165, 1.54) is 17.1 Å². The summed E-state index contributed by atoms with van der Waals surface area (Å²) < 4.78 is 22.5. The van der Waals surface area contributed by atoms with Crippen LogP contribution >= 0.6 is 0 Å². The third-order valence-electron chi connectivity index (χ3n) is 5.15. The van der Waals surface area contributed by atoms with Gasteiger partial charge in [-0.2, -0.15) is 5.10 Å². The maximum Gasteiger partial charge on any atom is 0.164 e. The fourth-order valence-corrected chi connectivity index (χ4v) is 3.48. The van der Waals surface area contributed by atoms with Crippen LogP contribution in [0.15, 0.2) is 55.2 Å². The second-order valence-corrected chi connectivity index (χ2v) is 7.08. The summed E-state index contributed by atoms with van der Waals surface area (Å²) in [6.45, 7) is 1.90. The summed E-state index contributed by atoms with van der Waals surface area (Å²) in [7, 11) is 1.57. The van der Waals surface area contributed by atoms with Crippen LogP contribution in [0.25, 0.3) is 28.0 Å². The molecule has 2 N–H and O–H groups in total. The zero-order chi connectivity index (χ0) is 22.2. The molecule has 5 rings (SSSR count). The summed E-state index contributed by atoms with van der Waals surface area (Å²) in [5.41, 5.74) is 8.87. The van der Waals surface area contributed by atoms with Gasteiger partial charge in [-0.05, 0) is 25.1 Å². The van der Waals surface area contributed by atoms with Gasteiger partial charge in [-0.3, -0.25) is 4.98 Å². The number of pyridine rings is 1. The molecule has 5 aromatic rings. The molecule has 10 nitrogen and oxygen atoms in total. The first-order valence-electron chi connectivity index (χ1n) is 9.72. The van der Waals surface area contributed by atoms with E-state index in [4.69, 9.17) is 15.6 Å². The van der Waals surface area contributed by atoms with Crippen molar-refractivity contribution < 1.29 is 9.13 Å². The molecular formula is C21H18FN9O. The van der Waals surface area contributed by atoms with Gasteiger partial charge in [-0.1, -0.05) is 17.3 Å². The summed E-state index contributed by atoms with van der Waals surface area (Å²) in [6.07, 6.45) is 6.31. The van der Waals surface area contributed by atoms with Crippen molar-refractivity contribution in [2.24, 2.45) is 0 Å². The molecule has 0 saturated carbocycles. The number of para-hydroxylation sites is 1. The highest BCUT2D eigenvalue weighted by atomic mass is 19.1. The number of hydrogen-bond donors (Lipinski definition) is 1. The highest BCUT2D eigenvalue weighted by Gasteiger charge is 2.23. The summed E-state index contributed by atoms with van der Waals surface area (Å²) in [4.78, 5) is 12.7. The number of nitrogen functional groups attached to an aromatic ring is 1. The first kappa shape index (κ1) is 19.5. The van der Waals surface area contributed by atoms with Crippen LogP contribution < -0.4 is 10.5 Å². The van der Waals surface area contributed by atoms with Crippen LogP contribution in [-0.4, -0.2) is 46.8 Å². The number of hydrogen-bond acceptors (Lipinski definition) is 8. The van der Waals surface area contributed by atoms with E-state index < -0.39 is 5.82 Å². The predicted molar refractivity (Wildman–Crippen MR) is 115 cm³/mol. The number of fused-ring (bicyclic) bond motifs is 1. The minimum absolute atomic E-state index is 0.293. The van der Waals surface area contributed by atoms with Crippen LogP contribution in [0.3, 0.4) is 0 Å². The van der Waals surface area contributed by atoms with E-state index in [1.807, 2.05) is 13.0 Å². The van der Waals surface area contributed by atoms with Crippen molar-refractivity contribution in [2.45, 2.75) is 13.0 Å². The van der Waals surface area contributed by atoms with Crippen LogP contribution in [-0.2, 0) is 0 Å². The van der Waals surface area contributed by atoms with E-state index in [1.54, 1.807) is 48.6 Å². The quantitative estimate of drug-likeness (QED) is 0.451. The first-order valence-corrected chi connectivity index (χ1v) is 9.72. The van der Waals surface area contributed by atoms with E-state index in [-0.39, 0.29) is 6.04 Å². The average Bonchev–Trinajstić information content (AvgIpc) is 3.45. The Balaban J connectivity index is 1.62. The van der Waals surface area contributed by atoms with E-state index in [0.717, 1.165) is 0 Å². The molecule has 0 aliphatic rings. The zero-order valence-corrected chi connectivity index (χ0v) is 17.2. The molecule has 0 radical (unpaired) electrons. The van der Waals surface area contributed by atoms with Gasteiger partial charge >= 0.3 is 0 Å². The average molecular weight is 431 g/mol. The Hall–Kier alpha value is -4.41. The molecule has 11 heteroatoms. The molecule has 1 aromatic carbocycles. The number of halogens is 1. The molecule has 0 bridgehead atoms. The number of methoxy groups -OCH3 is 1. The number of ether oxygens (including phenoxy) is 1. The molecule has 0 fully saturated rings. The third-order valence-corrected chi connectivity index (χ3v) is 5.15. The van der Waals surface area contributed by atoms with Crippen molar-refractivity contribution in [3.05, 3.63) is 66.8 Å². The standard InChI is InChI=1S/C21H18FN9O/c1-12(16-10-30(29-27-16)17-6-4-3-5-15(17)22)31-21-18(20(23)25-11-26-21)19(28-31)13-7-14(32-2)9-24-8-13/h3-12H,1-2H3,(H2,23,25,26).